The van der Waals surface area contributed by atoms with Gasteiger partial charge < -0.3 is 25.0 Å². The van der Waals surface area contributed by atoms with E-state index in [1.807, 2.05) is 25.2 Å². The third kappa shape index (κ3) is 5.88. The number of phenols is 1. The highest BCUT2D eigenvalue weighted by Crippen LogP contribution is 2.48. The largest absolute Gasteiger partial charge is 0.506 e. The van der Waals surface area contributed by atoms with Gasteiger partial charge >= 0.3 is 0 Å². The number of ether oxygens (including phenoxy) is 1. The summed E-state index contributed by atoms with van der Waals surface area (Å²) >= 11 is 0. The summed E-state index contributed by atoms with van der Waals surface area (Å²) in [7, 11) is 1.86. The average molecular weight is 488 g/mol. The van der Waals surface area contributed by atoms with E-state index in [0.717, 1.165) is 64.0 Å². The van der Waals surface area contributed by atoms with E-state index in [-0.39, 0.29) is 24.0 Å². The van der Waals surface area contributed by atoms with Crippen LogP contribution in [-0.4, -0.2) is 69.0 Å². The monoisotopic (exact) mass is 488 g/mol. The summed E-state index contributed by atoms with van der Waals surface area (Å²) in [5, 5.41) is 13.6. The van der Waals surface area contributed by atoms with Crippen molar-refractivity contribution < 1.29 is 9.84 Å². The first-order chi connectivity index (χ1) is 12.7. The second-order valence-corrected chi connectivity index (χ2v) is 7.31. The van der Waals surface area contributed by atoms with E-state index in [1.54, 1.807) is 6.07 Å². The first kappa shape index (κ1) is 22.1. The molecule has 1 aliphatic carbocycles. The van der Waals surface area contributed by atoms with Crippen molar-refractivity contribution in [3.63, 3.8) is 0 Å². The minimum Gasteiger partial charge on any atom is -0.506 e. The minimum atomic E-state index is 0. The van der Waals surface area contributed by atoms with Crippen LogP contribution in [0, 0.1) is 5.41 Å². The summed E-state index contributed by atoms with van der Waals surface area (Å²) in [4.78, 5) is 9.04. The maximum atomic E-state index is 10.1. The number of halogens is 1. The molecule has 2 aliphatic rings. The van der Waals surface area contributed by atoms with Gasteiger partial charge in [-0.2, -0.15) is 0 Å². The van der Waals surface area contributed by atoms with E-state index in [0.29, 0.717) is 11.2 Å². The predicted molar refractivity (Wildman–Crippen MR) is 121 cm³/mol. The van der Waals surface area contributed by atoms with E-state index >= 15 is 0 Å². The number of rotatable bonds is 7. The molecule has 0 spiro atoms. The maximum Gasteiger partial charge on any atom is 0.193 e. The van der Waals surface area contributed by atoms with Crippen molar-refractivity contribution in [2.24, 2.45) is 10.4 Å². The van der Waals surface area contributed by atoms with Gasteiger partial charge in [-0.15, -0.1) is 24.0 Å². The van der Waals surface area contributed by atoms with Crippen LogP contribution in [0.4, 0.5) is 5.69 Å². The van der Waals surface area contributed by atoms with Gasteiger partial charge in [0.1, 0.15) is 5.75 Å². The van der Waals surface area contributed by atoms with Gasteiger partial charge in [0.2, 0.25) is 0 Å². The fraction of sp³-hybridized carbons (Fsp3) is 0.650. The van der Waals surface area contributed by atoms with Gasteiger partial charge in [0.05, 0.1) is 5.69 Å². The summed E-state index contributed by atoms with van der Waals surface area (Å²) in [5.74, 6) is 1.35. The average Bonchev–Trinajstić information content (AvgIpc) is 3.44. The number of nitrogens with zero attached hydrogens (tertiary/aromatic N) is 3. The van der Waals surface area contributed by atoms with E-state index < -0.39 is 0 Å². The fourth-order valence-electron chi connectivity index (χ4n) is 3.61. The second-order valence-electron chi connectivity index (χ2n) is 7.31. The van der Waals surface area contributed by atoms with Gasteiger partial charge in [-0.3, -0.25) is 4.99 Å². The van der Waals surface area contributed by atoms with Crippen LogP contribution in [0.25, 0.3) is 0 Å². The molecule has 27 heavy (non-hydrogen) atoms. The van der Waals surface area contributed by atoms with Crippen LogP contribution in [0.15, 0.2) is 29.3 Å². The standard InChI is InChI=1S/C20H32N4O2.HI/c1-3-26-15-10-20(8-9-20)16-22-19(21-2)24-13-11-23(12-14-24)17-6-4-5-7-18(17)25;/h4-7,25H,3,8-16H2,1-2H3,(H,21,22);1H. The Labute approximate surface area is 180 Å². The molecule has 1 aromatic carbocycles. The van der Waals surface area contributed by atoms with Crippen LogP contribution in [0.5, 0.6) is 5.75 Å². The number of aromatic hydroxyl groups is 1. The Morgan fingerprint density at radius 2 is 1.93 bits per heavy atom. The molecule has 0 amide bonds. The SMILES string of the molecule is CCOCCC1(CNC(=NC)N2CCN(c3ccccc3O)CC2)CC1.I. The van der Waals surface area contributed by atoms with E-state index in [4.69, 9.17) is 4.74 Å². The molecule has 6 nitrogen and oxygen atoms in total. The molecular weight excluding hydrogens is 455 g/mol. The number of nitrogens with one attached hydrogen (secondary N) is 1. The molecule has 1 saturated carbocycles. The van der Waals surface area contributed by atoms with Crippen molar-refractivity contribution in [2.45, 2.75) is 26.2 Å². The first-order valence-electron chi connectivity index (χ1n) is 9.74. The lowest BCUT2D eigenvalue weighted by Crippen LogP contribution is -2.53. The molecule has 3 rings (SSSR count). The van der Waals surface area contributed by atoms with Crippen LogP contribution >= 0.6 is 24.0 Å². The molecule has 0 bridgehead atoms. The summed E-state index contributed by atoms with van der Waals surface area (Å²) in [6.45, 7) is 8.25. The number of hydrogen-bond donors (Lipinski definition) is 2. The van der Waals surface area contributed by atoms with Crippen molar-refractivity contribution in [1.82, 2.24) is 10.2 Å². The molecule has 0 aromatic heterocycles. The zero-order valence-electron chi connectivity index (χ0n) is 16.5. The van der Waals surface area contributed by atoms with Crippen LogP contribution < -0.4 is 10.2 Å². The Kier molecular flexibility index (Phi) is 8.47. The molecule has 2 N–H and O–H groups in total. The van der Waals surface area contributed by atoms with Gasteiger partial charge in [0.25, 0.3) is 0 Å². The molecule has 152 valence electrons. The summed E-state index contributed by atoms with van der Waals surface area (Å²) in [6, 6.07) is 7.56. The van der Waals surface area contributed by atoms with Crippen molar-refractivity contribution in [1.29, 1.82) is 0 Å². The van der Waals surface area contributed by atoms with Crippen molar-refractivity contribution >= 4 is 35.6 Å². The quantitative estimate of drug-likeness (QED) is 0.268. The molecule has 1 saturated heterocycles. The molecule has 0 unspecified atom stereocenters. The molecule has 1 aliphatic heterocycles. The number of anilines is 1. The van der Waals surface area contributed by atoms with E-state index in [2.05, 4.69) is 27.0 Å². The molecule has 7 heteroatoms. The fourth-order valence-corrected chi connectivity index (χ4v) is 3.61. The molecule has 1 aromatic rings. The Morgan fingerprint density at radius 1 is 1.22 bits per heavy atom. The van der Waals surface area contributed by atoms with Crippen LogP contribution in [0.3, 0.4) is 0 Å². The zero-order chi connectivity index (χ0) is 18.4. The summed E-state index contributed by atoms with van der Waals surface area (Å²) < 4.78 is 5.53. The smallest absolute Gasteiger partial charge is 0.193 e. The predicted octanol–water partition coefficient (Wildman–Crippen LogP) is 2.91. The zero-order valence-corrected chi connectivity index (χ0v) is 18.8. The lowest BCUT2D eigenvalue weighted by molar-refractivity contribution is 0.128. The van der Waals surface area contributed by atoms with Crippen LogP contribution in [0.2, 0.25) is 0 Å². The number of phenolic OH excluding ortho intramolecular Hbond substituents is 1. The highest BCUT2D eigenvalue weighted by Gasteiger charge is 2.42. The number of piperazine rings is 1. The van der Waals surface area contributed by atoms with Crippen LogP contribution in [-0.2, 0) is 4.74 Å². The molecule has 0 atom stereocenters. The number of hydrogen-bond acceptors (Lipinski definition) is 4. The highest BCUT2D eigenvalue weighted by molar-refractivity contribution is 14.0. The van der Waals surface area contributed by atoms with E-state index in [9.17, 15) is 5.11 Å². The van der Waals surface area contributed by atoms with Gasteiger partial charge in [-0.1, -0.05) is 12.1 Å². The number of aliphatic imine (C=N–C) groups is 1. The van der Waals surface area contributed by atoms with Gasteiger partial charge in [-0.25, -0.2) is 0 Å². The molecular formula is C20H33IN4O2. The Morgan fingerprint density at radius 3 is 2.52 bits per heavy atom. The first-order valence-corrected chi connectivity index (χ1v) is 9.74. The third-order valence-corrected chi connectivity index (χ3v) is 5.57. The normalized spacial score (nSPS) is 18.8. The highest BCUT2D eigenvalue weighted by atomic mass is 127. The van der Waals surface area contributed by atoms with Gasteiger partial charge in [0.15, 0.2) is 5.96 Å². The maximum absolute atomic E-state index is 10.1. The van der Waals surface area contributed by atoms with Gasteiger partial charge in [-0.05, 0) is 43.7 Å². The summed E-state index contributed by atoms with van der Waals surface area (Å²) in [5.41, 5.74) is 1.32. The Hall–Kier alpha value is -1.22. The lowest BCUT2D eigenvalue weighted by Gasteiger charge is -2.38. The van der Waals surface area contributed by atoms with Crippen molar-refractivity contribution in [3.05, 3.63) is 24.3 Å². The Balaban J connectivity index is 0.00000261. The van der Waals surface area contributed by atoms with Crippen molar-refractivity contribution in [2.75, 3.05) is 57.9 Å². The third-order valence-electron chi connectivity index (χ3n) is 5.57. The lowest BCUT2D eigenvalue weighted by atomic mass is 10.0. The number of benzene rings is 1. The molecule has 1 heterocycles. The topological polar surface area (TPSA) is 60.3 Å². The molecule has 0 radical (unpaired) electrons. The van der Waals surface area contributed by atoms with Crippen LogP contribution in [0.1, 0.15) is 26.2 Å². The number of para-hydroxylation sites is 2. The second kappa shape index (κ2) is 10.4. The van der Waals surface area contributed by atoms with Gasteiger partial charge in [0, 0.05) is 53.0 Å². The van der Waals surface area contributed by atoms with Crippen molar-refractivity contribution in [3.8, 4) is 5.75 Å². The number of guanidine groups is 1. The Bertz CT molecular complexity index is 614. The minimum absolute atomic E-state index is 0. The van der Waals surface area contributed by atoms with E-state index in [1.165, 1.54) is 12.8 Å². The summed E-state index contributed by atoms with van der Waals surface area (Å²) in [6.07, 6.45) is 3.70. The molecule has 2 fully saturated rings.